The van der Waals surface area contributed by atoms with E-state index in [-0.39, 0.29) is 23.7 Å². The predicted molar refractivity (Wildman–Crippen MR) is 75.6 cm³/mol. The summed E-state index contributed by atoms with van der Waals surface area (Å²) in [6.45, 7) is 1.43. The molecule has 1 aromatic carbocycles. The summed E-state index contributed by atoms with van der Waals surface area (Å²) in [5.41, 5.74) is 1.14. The van der Waals surface area contributed by atoms with Gasteiger partial charge in [-0.2, -0.15) is 0 Å². The van der Waals surface area contributed by atoms with Crippen LogP contribution in [0.4, 0.5) is 4.39 Å². The summed E-state index contributed by atoms with van der Waals surface area (Å²) in [6.07, 6.45) is 4.53. The van der Waals surface area contributed by atoms with E-state index in [1.165, 1.54) is 25.0 Å². The SMILES string of the molecule is O=C(NCCNC(c1ccc(F)cc1)C1CC1)C1CC1. The third-order valence-electron chi connectivity index (χ3n) is 4.06. The number of hydrogen-bond acceptors (Lipinski definition) is 2. The molecule has 1 aromatic rings. The minimum Gasteiger partial charge on any atom is -0.355 e. The molecule has 3 rings (SSSR count). The van der Waals surface area contributed by atoms with Crippen LogP contribution in [-0.2, 0) is 4.79 Å². The second kappa shape index (κ2) is 5.92. The van der Waals surface area contributed by atoms with E-state index in [9.17, 15) is 9.18 Å². The van der Waals surface area contributed by atoms with E-state index < -0.39 is 0 Å². The second-order valence-corrected chi connectivity index (χ2v) is 5.89. The van der Waals surface area contributed by atoms with Gasteiger partial charge in [0.1, 0.15) is 5.82 Å². The molecule has 2 fully saturated rings. The number of benzene rings is 1. The van der Waals surface area contributed by atoms with E-state index in [1.54, 1.807) is 0 Å². The van der Waals surface area contributed by atoms with Gasteiger partial charge in [-0.05, 0) is 49.3 Å². The summed E-state index contributed by atoms with van der Waals surface area (Å²) in [7, 11) is 0. The van der Waals surface area contributed by atoms with Crippen LogP contribution in [0.25, 0.3) is 0 Å². The molecule has 108 valence electrons. The van der Waals surface area contributed by atoms with Gasteiger partial charge in [0.2, 0.25) is 5.91 Å². The first-order chi connectivity index (χ1) is 9.74. The van der Waals surface area contributed by atoms with Crippen LogP contribution in [0.3, 0.4) is 0 Å². The van der Waals surface area contributed by atoms with Crippen LogP contribution in [0.1, 0.15) is 37.3 Å². The Morgan fingerprint density at radius 1 is 1.15 bits per heavy atom. The lowest BCUT2D eigenvalue weighted by molar-refractivity contribution is -0.122. The molecule has 1 unspecified atom stereocenters. The summed E-state index contributed by atoms with van der Waals surface area (Å²) in [5, 5.41) is 6.45. The molecule has 0 aromatic heterocycles. The molecular weight excluding hydrogens is 255 g/mol. The zero-order chi connectivity index (χ0) is 13.9. The fraction of sp³-hybridized carbons (Fsp3) is 0.562. The van der Waals surface area contributed by atoms with Crippen LogP contribution < -0.4 is 10.6 Å². The normalized spacial score (nSPS) is 19.6. The van der Waals surface area contributed by atoms with Crippen molar-refractivity contribution in [3.05, 3.63) is 35.6 Å². The zero-order valence-corrected chi connectivity index (χ0v) is 11.6. The van der Waals surface area contributed by atoms with Crippen molar-refractivity contribution in [3.63, 3.8) is 0 Å². The van der Waals surface area contributed by atoms with E-state index in [0.717, 1.165) is 24.9 Å². The van der Waals surface area contributed by atoms with Gasteiger partial charge in [-0.1, -0.05) is 12.1 Å². The highest BCUT2D eigenvalue weighted by Gasteiger charge is 2.32. The average molecular weight is 276 g/mol. The second-order valence-electron chi connectivity index (χ2n) is 5.89. The molecule has 0 radical (unpaired) electrons. The molecule has 2 aliphatic rings. The first-order valence-corrected chi connectivity index (χ1v) is 7.50. The predicted octanol–water partition coefficient (Wildman–Crippen LogP) is 2.39. The smallest absolute Gasteiger partial charge is 0.223 e. The van der Waals surface area contributed by atoms with Gasteiger partial charge >= 0.3 is 0 Å². The molecule has 1 atom stereocenters. The lowest BCUT2D eigenvalue weighted by Gasteiger charge is -2.19. The van der Waals surface area contributed by atoms with Gasteiger partial charge in [-0.25, -0.2) is 4.39 Å². The topological polar surface area (TPSA) is 41.1 Å². The third-order valence-corrected chi connectivity index (χ3v) is 4.06. The van der Waals surface area contributed by atoms with Gasteiger partial charge in [0.05, 0.1) is 0 Å². The van der Waals surface area contributed by atoms with Crippen molar-refractivity contribution in [1.29, 1.82) is 0 Å². The maximum absolute atomic E-state index is 13.0. The number of rotatable bonds is 7. The van der Waals surface area contributed by atoms with Crippen molar-refractivity contribution in [2.45, 2.75) is 31.7 Å². The molecule has 0 aliphatic heterocycles. The fourth-order valence-electron chi connectivity index (χ4n) is 2.56. The highest BCUT2D eigenvalue weighted by atomic mass is 19.1. The van der Waals surface area contributed by atoms with Crippen molar-refractivity contribution in [1.82, 2.24) is 10.6 Å². The van der Waals surface area contributed by atoms with Crippen LogP contribution >= 0.6 is 0 Å². The van der Waals surface area contributed by atoms with Gasteiger partial charge in [0.15, 0.2) is 0 Å². The lowest BCUT2D eigenvalue weighted by atomic mass is 10.0. The van der Waals surface area contributed by atoms with Gasteiger partial charge in [-0.3, -0.25) is 4.79 Å². The van der Waals surface area contributed by atoms with Gasteiger partial charge in [0, 0.05) is 25.0 Å². The lowest BCUT2D eigenvalue weighted by Crippen LogP contribution is -2.34. The van der Waals surface area contributed by atoms with Crippen LogP contribution in [-0.4, -0.2) is 19.0 Å². The van der Waals surface area contributed by atoms with Crippen LogP contribution in [0.15, 0.2) is 24.3 Å². The number of amides is 1. The highest BCUT2D eigenvalue weighted by molar-refractivity contribution is 5.80. The maximum Gasteiger partial charge on any atom is 0.223 e. The van der Waals surface area contributed by atoms with Gasteiger partial charge in [-0.15, -0.1) is 0 Å². The highest BCUT2D eigenvalue weighted by Crippen LogP contribution is 2.40. The quantitative estimate of drug-likeness (QED) is 0.751. The van der Waals surface area contributed by atoms with E-state index in [1.807, 2.05) is 12.1 Å². The molecule has 2 N–H and O–H groups in total. The fourth-order valence-corrected chi connectivity index (χ4v) is 2.56. The Bertz CT molecular complexity index is 466. The first kappa shape index (κ1) is 13.6. The Morgan fingerprint density at radius 3 is 2.45 bits per heavy atom. The molecule has 3 nitrogen and oxygen atoms in total. The first-order valence-electron chi connectivity index (χ1n) is 7.50. The Hall–Kier alpha value is -1.42. The molecule has 0 saturated heterocycles. The maximum atomic E-state index is 13.0. The monoisotopic (exact) mass is 276 g/mol. The number of hydrogen-bond donors (Lipinski definition) is 2. The zero-order valence-electron chi connectivity index (χ0n) is 11.6. The molecule has 2 aliphatic carbocycles. The largest absolute Gasteiger partial charge is 0.355 e. The van der Waals surface area contributed by atoms with Crippen molar-refractivity contribution >= 4 is 5.91 Å². The van der Waals surface area contributed by atoms with Crippen LogP contribution in [0, 0.1) is 17.7 Å². The molecule has 0 spiro atoms. The number of carbonyl (C=O) groups is 1. The Kier molecular flexibility index (Phi) is 4.01. The van der Waals surface area contributed by atoms with E-state index in [2.05, 4.69) is 10.6 Å². The van der Waals surface area contributed by atoms with Crippen LogP contribution in [0.5, 0.6) is 0 Å². The standard InChI is InChI=1S/C16H21FN2O/c17-14-7-5-12(6-8-14)15(11-1-2-11)18-9-10-19-16(20)13-3-4-13/h5-8,11,13,15,18H,1-4,9-10H2,(H,19,20). The molecule has 4 heteroatoms. The molecule has 2 saturated carbocycles. The molecule has 20 heavy (non-hydrogen) atoms. The summed E-state index contributed by atoms with van der Waals surface area (Å²) in [6, 6.07) is 7.03. The summed E-state index contributed by atoms with van der Waals surface area (Å²) >= 11 is 0. The minimum atomic E-state index is -0.194. The van der Waals surface area contributed by atoms with Gasteiger partial charge < -0.3 is 10.6 Å². The Balaban J connectivity index is 1.47. The molecule has 1 amide bonds. The van der Waals surface area contributed by atoms with Crippen molar-refractivity contribution < 1.29 is 9.18 Å². The van der Waals surface area contributed by atoms with E-state index in [4.69, 9.17) is 0 Å². The molecule has 0 bridgehead atoms. The van der Waals surface area contributed by atoms with Crippen LogP contribution in [0.2, 0.25) is 0 Å². The number of halogens is 1. The Morgan fingerprint density at radius 2 is 1.85 bits per heavy atom. The van der Waals surface area contributed by atoms with E-state index in [0.29, 0.717) is 12.5 Å². The summed E-state index contributed by atoms with van der Waals surface area (Å²) in [5.74, 6) is 0.919. The molecule has 0 heterocycles. The van der Waals surface area contributed by atoms with E-state index >= 15 is 0 Å². The summed E-state index contributed by atoms with van der Waals surface area (Å²) < 4.78 is 13.0. The van der Waals surface area contributed by atoms with Crippen molar-refractivity contribution in [2.75, 3.05) is 13.1 Å². The minimum absolute atomic E-state index is 0.191. The number of carbonyl (C=O) groups excluding carboxylic acids is 1. The number of nitrogens with one attached hydrogen (secondary N) is 2. The van der Waals surface area contributed by atoms with Crippen molar-refractivity contribution in [2.24, 2.45) is 11.8 Å². The Labute approximate surface area is 118 Å². The molecular formula is C16H21FN2O. The summed E-state index contributed by atoms with van der Waals surface area (Å²) in [4.78, 5) is 11.5. The van der Waals surface area contributed by atoms with Crippen molar-refractivity contribution in [3.8, 4) is 0 Å². The van der Waals surface area contributed by atoms with Gasteiger partial charge in [0.25, 0.3) is 0 Å². The third kappa shape index (κ3) is 3.57. The average Bonchev–Trinajstić information content (AvgIpc) is 3.30.